The Morgan fingerprint density at radius 2 is 2.21 bits per heavy atom. The first-order valence-corrected chi connectivity index (χ1v) is 4.68. The fourth-order valence-electron chi connectivity index (χ4n) is 1.37. The second kappa shape index (κ2) is 3.13. The molecule has 2 rings (SSSR count). The van der Waals surface area contributed by atoms with E-state index in [0.717, 1.165) is 5.69 Å². The van der Waals surface area contributed by atoms with Gasteiger partial charge in [-0.3, -0.25) is 4.98 Å². The first-order chi connectivity index (χ1) is 6.61. The molecule has 2 aromatic rings. The average Bonchev–Trinajstić information content (AvgIpc) is 2.49. The van der Waals surface area contributed by atoms with E-state index in [1.807, 2.05) is 13.8 Å². The number of hydrogen-bond donors (Lipinski definition) is 1. The summed E-state index contributed by atoms with van der Waals surface area (Å²) < 4.78 is 5.10. The standard InChI is InChI=1S/C9H10ClN3O/c1-4(2)7-8-6(5(10)3-12-7)9(11)13-14-8/h3-4H,1-2H3,(H2,11,13). The molecule has 0 aromatic carbocycles. The Kier molecular flexibility index (Phi) is 2.07. The fraction of sp³-hybridized carbons (Fsp3) is 0.333. The molecule has 5 heteroatoms. The van der Waals surface area contributed by atoms with Crippen molar-refractivity contribution >= 4 is 28.4 Å². The maximum Gasteiger partial charge on any atom is 0.192 e. The van der Waals surface area contributed by atoms with Crippen molar-refractivity contribution in [2.45, 2.75) is 19.8 Å². The van der Waals surface area contributed by atoms with Gasteiger partial charge in [-0.25, -0.2) is 0 Å². The van der Waals surface area contributed by atoms with Crippen LogP contribution >= 0.6 is 11.6 Å². The van der Waals surface area contributed by atoms with Crippen molar-refractivity contribution in [1.29, 1.82) is 0 Å². The van der Waals surface area contributed by atoms with E-state index in [1.54, 1.807) is 6.20 Å². The first-order valence-electron chi connectivity index (χ1n) is 4.30. The van der Waals surface area contributed by atoms with Gasteiger partial charge in [-0.15, -0.1) is 0 Å². The molecule has 74 valence electrons. The van der Waals surface area contributed by atoms with Crippen molar-refractivity contribution in [2.24, 2.45) is 0 Å². The van der Waals surface area contributed by atoms with Gasteiger partial charge in [0.1, 0.15) is 0 Å². The van der Waals surface area contributed by atoms with E-state index in [-0.39, 0.29) is 5.92 Å². The molecule has 0 atom stereocenters. The molecule has 0 aliphatic carbocycles. The number of rotatable bonds is 1. The molecule has 0 aliphatic heterocycles. The van der Waals surface area contributed by atoms with Gasteiger partial charge in [-0.05, 0) is 5.92 Å². The minimum Gasteiger partial charge on any atom is -0.380 e. The van der Waals surface area contributed by atoms with Crippen LogP contribution in [0.4, 0.5) is 5.82 Å². The second-order valence-corrected chi connectivity index (χ2v) is 3.83. The summed E-state index contributed by atoms with van der Waals surface area (Å²) in [7, 11) is 0. The molecule has 0 bridgehead atoms. The van der Waals surface area contributed by atoms with Gasteiger partial charge < -0.3 is 10.3 Å². The van der Waals surface area contributed by atoms with Crippen molar-refractivity contribution in [1.82, 2.24) is 10.1 Å². The summed E-state index contributed by atoms with van der Waals surface area (Å²) in [6, 6.07) is 0. The molecule has 0 spiro atoms. The van der Waals surface area contributed by atoms with Crippen molar-refractivity contribution < 1.29 is 4.52 Å². The molecule has 0 saturated carbocycles. The van der Waals surface area contributed by atoms with Gasteiger partial charge >= 0.3 is 0 Å². The number of nitrogens with two attached hydrogens (primary N) is 1. The van der Waals surface area contributed by atoms with E-state index < -0.39 is 0 Å². The lowest BCUT2D eigenvalue weighted by Gasteiger charge is -2.03. The second-order valence-electron chi connectivity index (χ2n) is 3.42. The summed E-state index contributed by atoms with van der Waals surface area (Å²) in [4.78, 5) is 4.20. The normalized spacial score (nSPS) is 11.4. The molecule has 0 fully saturated rings. The maximum atomic E-state index is 5.94. The van der Waals surface area contributed by atoms with Crippen LogP contribution in [0.15, 0.2) is 10.7 Å². The van der Waals surface area contributed by atoms with Crippen molar-refractivity contribution in [3.8, 4) is 0 Å². The van der Waals surface area contributed by atoms with Gasteiger partial charge in [0.2, 0.25) is 0 Å². The van der Waals surface area contributed by atoms with Crippen LogP contribution in [0, 0.1) is 0 Å². The van der Waals surface area contributed by atoms with E-state index in [0.29, 0.717) is 21.8 Å². The third-order valence-corrected chi connectivity index (χ3v) is 2.34. The minimum absolute atomic E-state index is 0.252. The summed E-state index contributed by atoms with van der Waals surface area (Å²) >= 11 is 5.94. The molecular formula is C9H10ClN3O. The third kappa shape index (κ3) is 1.23. The van der Waals surface area contributed by atoms with Crippen LogP contribution in [-0.4, -0.2) is 10.1 Å². The molecular weight excluding hydrogens is 202 g/mol. The third-order valence-electron chi connectivity index (χ3n) is 2.05. The summed E-state index contributed by atoms with van der Waals surface area (Å²) in [5.41, 5.74) is 7.04. The molecule has 2 N–H and O–H groups in total. The zero-order chi connectivity index (χ0) is 10.3. The van der Waals surface area contributed by atoms with Gasteiger partial charge in [-0.1, -0.05) is 30.6 Å². The van der Waals surface area contributed by atoms with Gasteiger partial charge in [0.25, 0.3) is 0 Å². The smallest absolute Gasteiger partial charge is 0.192 e. The highest BCUT2D eigenvalue weighted by Crippen LogP contribution is 2.32. The summed E-state index contributed by atoms with van der Waals surface area (Å²) in [6.07, 6.45) is 1.58. The quantitative estimate of drug-likeness (QED) is 0.788. The van der Waals surface area contributed by atoms with E-state index >= 15 is 0 Å². The molecule has 2 heterocycles. The van der Waals surface area contributed by atoms with E-state index in [9.17, 15) is 0 Å². The predicted octanol–water partition coefficient (Wildman–Crippen LogP) is 2.58. The molecule has 0 radical (unpaired) electrons. The Hall–Kier alpha value is -1.29. The van der Waals surface area contributed by atoms with Gasteiger partial charge in [0.05, 0.1) is 16.1 Å². The van der Waals surface area contributed by atoms with E-state index in [4.69, 9.17) is 21.9 Å². The van der Waals surface area contributed by atoms with Crippen LogP contribution in [0.1, 0.15) is 25.5 Å². The lowest BCUT2D eigenvalue weighted by Crippen LogP contribution is -1.93. The summed E-state index contributed by atoms with van der Waals surface area (Å²) in [6.45, 7) is 4.04. The number of aromatic nitrogens is 2. The highest BCUT2D eigenvalue weighted by atomic mass is 35.5. The molecule has 2 aromatic heterocycles. The SMILES string of the molecule is CC(C)c1ncc(Cl)c2c(N)noc12. The molecule has 4 nitrogen and oxygen atoms in total. The Morgan fingerprint density at radius 1 is 1.50 bits per heavy atom. The largest absolute Gasteiger partial charge is 0.380 e. The number of fused-ring (bicyclic) bond motifs is 1. The molecule has 0 saturated heterocycles. The number of nitrogens with zero attached hydrogens (tertiary/aromatic N) is 2. The summed E-state index contributed by atoms with van der Waals surface area (Å²) in [5, 5.41) is 4.81. The van der Waals surface area contributed by atoms with Gasteiger partial charge in [0, 0.05) is 6.20 Å². The van der Waals surface area contributed by atoms with Gasteiger partial charge in [0.15, 0.2) is 11.4 Å². The van der Waals surface area contributed by atoms with Crippen molar-refractivity contribution in [3.05, 3.63) is 16.9 Å². The number of hydrogen-bond acceptors (Lipinski definition) is 4. The van der Waals surface area contributed by atoms with Crippen LogP contribution in [-0.2, 0) is 0 Å². The topological polar surface area (TPSA) is 64.9 Å². The van der Waals surface area contributed by atoms with E-state index in [2.05, 4.69) is 10.1 Å². The fourth-order valence-corrected chi connectivity index (χ4v) is 1.60. The lowest BCUT2D eigenvalue weighted by atomic mass is 10.1. The Balaban J connectivity index is 2.83. The van der Waals surface area contributed by atoms with E-state index in [1.165, 1.54) is 0 Å². The summed E-state index contributed by atoms with van der Waals surface area (Å²) in [5.74, 6) is 0.566. The predicted molar refractivity (Wildman–Crippen MR) is 55.3 cm³/mol. The minimum atomic E-state index is 0.252. The zero-order valence-corrected chi connectivity index (χ0v) is 8.67. The maximum absolute atomic E-state index is 5.94. The molecule has 14 heavy (non-hydrogen) atoms. The van der Waals surface area contributed by atoms with Crippen molar-refractivity contribution in [2.75, 3.05) is 5.73 Å². The molecule has 0 aliphatic rings. The molecule has 0 amide bonds. The highest BCUT2D eigenvalue weighted by Gasteiger charge is 2.16. The Morgan fingerprint density at radius 3 is 2.86 bits per heavy atom. The van der Waals surface area contributed by atoms with Gasteiger partial charge in [-0.2, -0.15) is 0 Å². The average molecular weight is 212 g/mol. The Labute approximate surface area is 86.0 Å². The number of anilines is 1. The van der Waals surface area contributed by atoms with Crippen LogP contribution in [0.3, 0.4) is 0 Å². The zero-order valence-electron chi connectivity index (χ0n) is 7.91. The van der Waals surface area contributed by atoms with Crippen LogP contribution in [0.5, 0.6) is 0 Å². The van der Waals surface area contributed by atoms with Crippen LogP contribution in [0.25, 0.3) is 11.0 Å². The molecule has 0 unspecified atom stereocenters. The monoisotopic (exact) mass is 211 g/mol. The number of halogens is 1. The lowest BCUT2D eigenvalue weighted by molar-refractivity contribution is 0.455. The van der Waals surface area contributed by atoms with Crippen LogP contribution < -0.4 is 5.73 Å². The van der Waals surface area contributed by atoms with Crippen molar-refractivity contribution in [3.63, 3.8) is 0 Å². The number of nitrogen functional groups attached to an aromatic ring is 1. The van der Waals surface area contributed by atoms with Crippen LogP contribution in [0.2, 0.25) is 5.02 Å². The first kappa shape index (κ1) is 9.27. The number of pyridine rings is 1. The highest BCUT2D eigenvalue weighted by molar-refractivity contribution is 6.36. The Bertz CT molecular complexity index is 478.